The summed E-state index contributed by atoms with van der Waals surface area (Å²) in [7, 11) is 0. The van der Waals surface area contributed by atoms with Crippen LogP contribution in [-0.2, 0) is 5.41 Å². The van der Waals surface area contributed by atoms with E-state index in [1.807, 2.05) is 11.3 Å². The van der Waals surface area contributed by atoms with Gasteiger partial charge >= 0.3 is 0 Å². The molecular weight excluding hydrogens is 635 g/mol. The molecule has 1 aliphatic carbocycles. The van der Waals surface area contributed by atoms with Gasteiger partial charge in [0.15, 0.2) is 0 Å². The first-order valence-corrected chi connectivity index (χ1v) is 18.5. The Labute approximate surface area is 302 Å². The van der Waals surface area contributed by atoms with Gasteiger partial charge in [-0.05, 0) is 86.1 Å². The van der Waals surface area contributed by atoms with E-state index in [4.69, 9.17) is 0 Å². The zero-order valence-corrected chi connectivity index (χ0v) is 29.4. The molecule has 10 rings (SSSR count). The Kier molecular flexibility index (Phi) is 6.78. The van der Waals surface area contributed by atoms with Gasteiger partial charge < -0.3 is 4.90 Å². The number of para-hydroxylation sites is 1. The lowest BCUT2D eigenvalue weighted by Crippen LogP contribution is -2.17. The van der Waals surface area contributed by atoms with Crippen molar-refractivity contribution in [3.8, 4) is 33.4 Å². The van der Waals surface area contributed by atoms with Gasteiger partial charge in [-0.3, -0.25) is 0 Å². The van der Waals surface area contributed by atoms with Gasteiger partial charge in [0.25, 0.3) is 0 Å². The summed E-state index contributed by atoms with van der Waals surface area (Å²) in [4.78, 5) is 2.51. The minimum atomic E-state index is -0.108. The number of thiophene rings is 1. The molecule has 8 aromatic carbocycles. The fraction of sp³-hybridized carbons (Fsp3) is 0.0612. The molecule has 2 heteroatoms. The van der Waals surface area contributed by atoms with Crippen LogP contribution in [-0.4, -0.2) is 0 Å². The van der Waals surface area contributed by atoms with Crippen molar-refractivity contribution in [1.82, 2.24) is 0 Å². The van der Waals surface area contributed by atoms with Gasteiger partial charge in [0.1, 0.15) is 0 Å². The zero-order chi connectivity index (χ0) is 34.1. The highest BCUT2D eigenvalue weighted by Gasteiger charge is 2.36. The molecule has 0 unspecified atom stereocenters. The maximum Gasteiger partial charge on any atom is 0.0640 e. The van der Waals surface area contributed by atoms with Crippen molar-refractivity contribution in [3.63, 3.8) is 0 Å². The molecule has 51 heavy (non-hydrogen) atoms. The molecule has 1 nitrogen and oxygen atoms in total. The van der Waals surface area contributed by atoms with Crippen LogP contribution in [0.3, 0.4) is 0 Å². The Morgan fingerprint density at radius 3 is 1.94 bits per heavy atom. The highest BCUT2D eigenvalue weighted by molar-refractivity contribution is 7.26. The summed E-state index contributed by atoms with van der Waals surface area (Å²) in [5, 5.41) is 5.12. The molecule has 0 saturated carbocycles. The van der Waals surface area contributed by atoms with Gasteiger partial charge in [-0.2, -0.15) is 0 Å². The van der Waals surface area contributed by atoms with Crippen molar-refractivity contribution < 1.29 is 0 Å². The minimum absolute atomic E-state index is 0.108. The van der Waals surface area contributed by atoms with E-state index in [9.17, 15) is 0 Å². The number of hydrogen-bond acceptors (Lipinski definition) is 2. The number of hydrogen-bond donors (Lipinski definition) is 0. The highest BCUT2D eigenvalue weighted by atomic mass is 32.1. The topological polar surface area (TPSA) is 3.24 Å². The van der Waals surface area contributed by atoms with Crippen molar-refractivity contribution in [2.75, 3.05) is 4.90 Å². The van der Waals surface area contributed by atoms with Gasteiger partial charge in [-0.1, -0.05) is 153 Å². The molecule has 0 saturated heterocycles. The Bertz CT molecular complexity index is 2800. The molecular formula is C49H35NS. The maximum absolute atomic E-state index is 2.51. The molecule has 242 valence electrons. The second-order valence-corrected chi connectivity index (χ2v) is 15.2. The van der Waals surface area contributed by atoms with Crippen LogP contribution < -0.4 is 4.90 Å². The molecule has 0 N–H and O–H groups in total. The third-order valence-electron chi connectivity index (χ3n) is 10.9. The standard InChI is InChI=1S/C49H35NS/c1-49(2)43-24-8-5-20-39(43)40-29-28-35(31-44(40)49)50(46-26-13-23-42-41-21-7-10-27-47(41)51-48(42)46)45-25-9-6-19-38(45)34-17-11-16-33(30-34)37-22-12-15-32-14-3-4-18-36(32)37/h3-31H,1-2H3. The first-order valence-electron chi connectivity index (χ1n) is 17.7. The number of fused-ring (bicyclic) bond motifs is 7. The third kappa shape index (κ3) is 4.67. The first kappa shape index (κ1) is 29.9. The van der Waals surface area contributed by atoms with Gasteiger partial charge in [0.05, 0.1) is 16.1 Å². The van der Waals surface area contributed by atoms with Gasteiger partial charge in [-0.15, -0.1) is 11.3 Å². The SMILES string of the molecule is CC1(C)c2ccccc2-c2ccc(N(c3ccccc3-c3cccc(-c4cccc5ccccc45)c3)c3cccc4c3sc3ccccc34)cc21. The molecule has 1 aliphatic rings. The summed E-state index contributed by atoms with van der Waals surface area (Å²) < 4.78 is 2.60. The molecule has 1 aromatic heterocycles. The summed E-state index contributed by atoms with van der Waals surface area (Å²) in [6.45, 7) is 4.73. The lowest BCUT2D eigenvalue weighted by Gasteiger charge is -2.30. The van der Waals surface area contributed by atoms with Crippen LogP contribution >= 0.6 is 11.3 Å². The van der Waals surface area contributed by atoms with E-state index in [1.54, 1.807) is 0 Å². The van der Waals surface area contributed by atoms with Gasteiger partial charge in [-0.25, -0.2) is 0 Å². The predicted octanol–water partition coefficient (Wildman–Crippen LogP) is 14.3. The zero-order valence-electron chi connectivity index (χ0n) is 28.6. The normalized spacial score (nSPS) is 13.1. The van der Waals surface area contributed by atoms with Gasteiger partial charge in [0.2, 0.25) is 0 Å². The van der Waals surface area contributed by atoms with Crippen molar-refractivity contribution in [3.05, 3.63) is 187 Å². The molecule has 0 radical (unpaired) electrons. The number of anilines is 3. The lowest BCUT2D eigenvalue weighted by molar-refractivity contribution is 0.660. The maximum atomic E-state index is 2.51. The van der Waals surface area contributed by atoms with E-state index < -0.39 is 0 Å². The smallest absolute Gasteiger partial charge is 0.0640 e. The molecule has 0 bridgehead atoms. The molecule has 1 heterocycles. The van der Waals surface area contributed by atoms with Crippen molar-refractivity contribution in [1.29, 1.82) is 0 Å². The van der Waals surface area contributed by atoms with Crippen molar-refractivity contribution >= 4 is 59.3 Å². The van der Waals surface area contributed by atoms with Crippen molar-refractivity contribution in [2.45, 2.75) is 19.3 Å². The highest BCUT2D eigenvalue weighted by Crippen LogP contribution is 2.52. The summed E-state index contributed by atoms with van der Waals surface area (Å²) >= 11 is 1.88. The van der Waals surface area contributed by atoms with E-state index in [1.165, 1.54) is 81.1 Å². The fourth-order valence-electron chi connectivity index (χ4n) is 8.39. The van der Waals surface area contributed by atoms with E-state index in [-0.39, 0.29) is 5.41 Å². The van der Waals surface area contributed by atoms with Crippen LogP contribution in [0.15, 0.2) is 176 Å². The average Bonchev–Trinajstić information content (AvgIpc) is 3.67. The predicted molar refractivity (Wildman–Crippen MR) is 220 cm³/mol. The van der Waals surface area contributed by atoms with E-state index >= 15 is 0 Å². The van der Waals surface area contributed by atoms with E-state index in [0.717, 1.165) is 11.4 Å². The van der Waals surface area contributed by atoms with E-state index in [0.29, 0.717) is 0 Å². The first-order chi connectivity index (χ1) is 25.1. The summed E-state index contributed by atoms with van der Waals surface area (Å²) in [6.07, 6.45) is 0. The van der Waals surface area contributed by atoms with Crippen LogP contribution in [0.5, 0.6) is 0 Å². The second-order valence-electron chi connectivity index (χ2n) is 14.1. The molecule has 9 aromatic rings. The van der Waals surface area contributed by atoms with Crippen LogP contribution in [0.1, 0.15) is 25.0 Å². The molecule has 0 atom stereocenters. The Hall–Kier alpha value is -5.96. The van der Waals surface area contributed by atoms with Crippen LogP contribution in [0.4, 0.5) is 17.1 Å². The van der Waals surface area contributed by atoms with Crippen molar-refractivity contribution in [2.24, 2.45) is 0 Å². The fourth-order valence-corrected chi connectivity index (χ4v) is 9.60. The van der Waals surface area contributed by atoms with E-state index in [2.05, 4.69) is 195 Å². The van der Waals surface area contributed by atoms with Crippen LogP contribution in [0.25, 0.3) is 64.3 Å². The monoisotopic (exact) mass is 669 g/mol. The minimum Gasteiger partial charge on any atom is -0.308 e. The number of rotatable bonds is 5. The Morgan fingerprint density at radius 1 is 0.431 bits per heavy atom. The molecule has 0 amide bonds. The third-order valence-corrected chi connectivity index (χ3v) is 12.1. The molecule has 0 aliphatic heterocycles. The van der Waals surface area contributed by atoms with Gasteiger partial charge in [0, 0.05) is 32.1 Å². The molecule has 0 spiro atoms. The van der Waals surface area contributed by atoms with Crippen LogP contribution in [0.2, 0.25) is 0 Å². The molecule has 0 fully saturated rings. The summed E-state index contributed by atoms with van der Waals surface area (Å²) in [5.74, 6) is 0. The summed E-state index contributed by atoms with van der Waals surface area (Å²) in [5.41, 5.74) is 13.7. The average molecular weight is 670 g/mol. The quantitative estimate of drug-likeness (QED) is 0.176. The second kappa shape index (κ2) is 11.6. The number of benzene rings is 8. The Morgan fingerprint density at radius 2 is 1.04 bits per heavy atom. The summed E-state index contributed by atoms with van der Waals surface area (Å²) in [6, 6.07) is 64.9. The lowest BCUT2D eigenvalue weighted by atomic mass is 9.82. The Balaban J connectivity index is 1.21. The largest absolute Gasteiger partial charge is 0.308 e. The number of nitrogens with zero attached hydrogens (tertiary/aromatic N) is 1. The van der Waals surface area contributed by atoms with Crippen LogP contribution in [0, 0.1) is 0 Å².